The minimum Gasteiger partial charge on any atom is -0.344 e. The van der Waals surface area contributed by atoms with Gasteiger partial charge in [-0.05, 0) is 30.2 Å². The van der Waals surface area contributed by atoms with E-state index >= 15 is 0 Å². The van der Waals surface area contributed by atoms with Crippen LogP contribution in [-0.2, 0) is 15.0 Å². The van der Waals surface area contributed by atoms with E-state index in [1.807, 2.05) is 61.5 Å². The van der Waals surface area contributed by atoms with Gasteiger partial charge in [0.05, 0.1) is 11.7 Å². The number of hydrogen-bond donors (Lipinski definition) is 1. The summed E-state index contributed by atoms with van der Waals surface area (Å²) in [5.74, 6) is -1.29. The van der Waals surface area contributed by atoms with Crippen LogP contribution in [0.5, 0.6) is 0 Å². The summed E-state index contributed by atoms with van der Waals surface area (Å²) in [7, 11) is -1.45. The van der Waals surface area contributed by atoms with Gasteiger partial charge in [0.2, 0.25) is 5.91 Å². The zero-order valence-corrected chi connectivity index (χ0v) is 19.0. The molecule has 0 radical (unpaired) electrons. The number of carbonyl (C=O) groups excluding carboxylic acids is 1. The molecule has 3 aromatic rings. The Hall–Kier alpha value is -3.23. The number of hydrogen-bond acceptors (Lipinski definition) is 3. The van der Waals surface area contributed by atoms with Crippen molar-refractivity contribution in [1.29, 1.82) is 0 Å². The first-order valence-corrected chi connectivity index (χ1v) is 11.5. The van der Waals surface area contributed by atoms with Crippen molar-refractivity contribution < 1.29 is 17.6 Å². The van der Waals surface area contributed by atoms with Crippen LogP contribution in [0.2, 0.25) is 0 Å². The van der Waals surface area contributed by atoms with Crippen LogP contribution >= 0.6 is 0 Å². The minimum absolute atomic E-state index is 0.192. The van der Waals surface area contributed by atoms with Crippen LogP contribution in [0, 0.1) is 12.7 Å². The lowest BCUT2D eigenvalue weighted by molar-refractivity contribution is -0.120. The summed E-state index contributed by atoms with van der Waals surface area (Å²) in [6.45, 7) is 1.40. The molecule has 3 rings (SSSR count). The summed E-state index contributed by atoms with van der Waals surface area (Å²) in [6.07, 6.45) is 0. The van der Waals surface area contributed by atoms with E-state index in [4.69, 9.17) is 0 Å². The van der Waals surface area contributed by atoms with Crippen molar-refractivity contribution in [2.24, 2.45) is 0 Å². The van der Waals surface area contributed by atoms with Gasteiger partial charge in [0.15, 0.2) is 0 Å². The summed E-state index contributed by atoms with van der Waals surface area (Å²) in [5.41, 5.74) is 2.58. The minimum atomic E-state index is -4.11. The highest BCUT2D eigenvalue weighted by atomic mass is 32.2. The van der Waals surface area contributed by atoms with Crippen molar-refractivity contribution in [2.45, 2.75) is 13.0 Å². The molecule has 0 aliphatic heterocycles. The number of halogens is 1. The van der Waals surface area contributed by atoms with E-state index in [-0.39, 0.29) is 5.69 Å². The van der Waals surface area contributed by atoms with E-state index in [0.717, 1.165) is 31.4 Å². The number of benzene rings is 3. The Labute approximate surface area is 188 Å². The predicted molar refractivity (Wildman–Crippen MR) is 124 cm³/mol. The van der Waals surface area contributed by atoms with Crippen molar-refractivity contribution in [2.75, 3.05) is 24.9 Å². The van der Waals surface area contributed by atoms with Gasteiger partial charge >= 0.3 is 10.2 Å². The Morgan fingerprint density at radius 2 is 1.47 bits per heavy atom. The quantitative estimate of drug-likeness (QED) is 0.564. The van der Waals surface area contributed by atoms with Crippen molar-refractivity contribution in [3.8, 4) is 0 Å². The van der Waals surface area contributed by atoms with Crippen LogP contribution in [0.15, 0.2) is 78.9 Å². The summed E-state index contributed by atoms with van der Waals surface area (Å²) in [5, 5.41) is 2.91. The average molecular weight is 456 g/mol. The third-order valence-electron chi connectivity index (χ3n) is 5.00. The number of amides is 1. The van der Waals surface area contributed by atoms with E-state index in [0.29, 0.717) is 0 Å². The zero-order chi connectivity index (χ0) is 23.3. The summed E-state index contributed by atoms with van der Waals surface area (Å²) in [4.78, 5) is 13.1. The number of anilines is 1. The highest BCUT2D eigenvalue weighted by molar-refractivity contribution is 7.90. The van der Waals surface area contributed by atoms with E-state index in [1.165, 1.54) is 32.3 Å². The summed E-state index contributed by atoms with van der Waals surface area (Å²) < 4.78 is 42.0. The molecular weight excluding hydrogens is 429 g/mol. The molecule has 32 heavy (non-hydrogen) atoms. The molecule has 3 aromatic carbocycles. The van der Waals surface area contributed by atoms with Crippen LogP contribution in [0.1, 0.15) is 22.7 Å². The molecule has 8 heteroatoms. The fraction of sp³-hybridized carbons (Fsp3) is 0.208. The van der Waals surface area contributed by atoms with Crippen LogP contribution in [0.3, 0.4) is 0 Å². The number of nitrogens with zero attached hydrogens (tertiary/aromatic N) is 2. The normalized spacial score (nSPS) is 12.4. The topological polar surface area (TPSA) is 69.7 Å². The average Bonchev–Trinajstić information content (AvgIpc) is 2.77. The lowest BCUT2D eigenvalue weighted by atomic mass is 9.98. The number of aryl methyl sites for hydroxylation is 1. The molecule has 1 amide bonds. The second-order valence-corrected chi connectivity index (χ2v) is 9.64. The van der Waals surface area contributed by atoms with E-state index in [2.05, 4.69) is 5.32 Å². The Kier molecular flexibility index (Phi) is 7.27. The number of nitrogens with one attached hydrogen (secondary N) is 1. The molecule has 168 valence electrons. The molecule has 0 spiro atoms. The van der Waals surface area contributed by atoms with Gasteiger partial charge in [-0.25, -0.2) is 8.70 Å². The first-order chi connectivity index (χ1) is 15.2. The molecule has 1 atom stereocenters. The van der Waals surface area contributed by atoms with Crippen LogP contribution in [0.4, 0.5) is 10.1 Å². The molecule has 6 nitrogen and oxygen atoms in total. The third-order valence-corrected chi connectivity index (χ3v) is 6.80. The molecule has 1 N–H and O–H groups in total. The summed E-state index contributed by atoms with van der Waals surface area (Å²) in [6, 6.07) is 22.1. The number of para-hydroxylation sites is 1. The first kappa shape index (κ1) is 23.4. The van der Waals surface area contributed by atoms with Crippen LogP contribution in [-0.4, -0.2) is 39.3 Å². The first-order valence-electron chi connectivity index (χ1n) is 10.1. The molecule has 0 saturated carbocycles. The monoisotopic (exact) mass is 455 g/mol. The smallest absolute Gasteiger partial charge is 0.304 e. The highest BCUT2D eigenvalue weighted by Crippen LogP contribution is 2.25. The van der Waals surface area contributed by atoms with Gasteiger partial charge in [0.1, 0.15) is 12.4 Å². The molecule has 0 aliphatic carbocycles. The van der Waals surface area contributed by atoms with Gasteiger partial charge in [-0.2, -0.15) is 12.7 Å². The summed E-state index contributed by atoms with van der Waals surface area (Å²) >= 11 is 0. The Morgan fingerprint density at radius 3 is 2.06 bits per heavy atom. The Bertz CT molecular complexity index is 1170. The third kappa shape index (κ3) is 5.33. The molecule has 0 aromatic heterocycles. The maximum atomic E-state index is 14.5. The van der Waals surface area contributed by atoms with Gasteiger partial charge in [-0.3, -0.25) is 4.79 Å². The van der Waals surface area contributed by atoms with Crippen molar-refractivity contribution in [3.63, 3.8) is 0 Å². The Morgan fingerprint density at radius 1 is 0.906 bits per heavy atom. The maximum Gasteiger partial charge on any atom is 0.304 e. The zero-order valence-electron chi connectivity index (χ0n) is 18.2. The lowest BCUT2D eigenvalue weighted by Crippen LogP contribution is -2.46. The highest BCUT2D eigenvalue weighted by Gasteiger charge is 2.30. The predicted octanol–water partition coefficient (Wildman–Crippen LogP) is 3.65. The molecule has 0 heterocycles. The number of rotatable bonds is 8. The van der Waals surface area contributed by atoms with Gasteiger partial charge in [0, 0.05) is 14.1 Å². The van der Waals surface area contributed by atoms with Crippen molar-refractivity contribution in [1.82, 2.24) is 9.62 Å². The van der Waals surface area contributed by atoms with Crippen molar-refractivity contribution >= 4 is 21.8 Å². The van der Waals surface area contributed by atoms with E-state index in [1.54, 1.807) is 0 Å². The number of carbonyl (C=O) groups is 1. The second kappa shape index (κ2) is 9.93. The maximum absolute atomic E-state index is 14.5. The van der Waals surface area contributed by atoms with Crippen LogP contribution in [0.25, 0.3) is 0 Å². The van der Waals surface area contributed by atoms with Gasteiger partial charge in [-0.1, -0.05) is 72.3 Å². The van der Waals surface area contributed by atoms with E-state index < -0.39 is 34.5 Å². The fourth-order valence-electron chi connectivity index (χ4n) is 3.24. The SMILES string of the molecule is Cc1ccc([C@@H](NC(=O)CN(c2ccccc2F)S(=O)(=O)N(C)C)c2ccccc2)cc1. The van der Waals surface area contributed by atoms with E-state index in [9.17, 15) is 17.6 Å². The van der Waals surface area contributed by atoms with Gasteiger partial charge in [0.25, 0.3) is 0 Å². The molecule has 0 unspecified atom stereocenters. The fourth-order valence-corrected chi connectivity index (χ4v) is 4.31. The van der Waals surface area contributed by atoms with Gasteiger partial charge in [-0.15, -0.1) is 0 Å². The standard InChI is InChI=1S/C24H26FN3O3S/c1-18-13-15-20(16-14-18)24(19-9-5-4-6-10-19)26-23(29)17-28(32(30,31)27(2)3)22-12-8-7-11-21(22)25/h4-16,24H,17H2,1-3H3,(H,26,29)/t24-/m0/s1. The van der Waals surface area contributed by atoms with Crippen LogP contribution < -0.4 is 9.62 Å². The van der Waals surface area contributed by atoms with Crippen molar-refractivity contribution in [3.05, 3.63) is 101 Å². The molecular formula is C24H26FN3O3S. The molecule has 0 saturated heterocycles. The molecule has 0 aliphatic rings. The second-order valence-electron chi connectivity index (χ2n) is 7.57. The van der Waals surface area contributed by atoms with Gasteiger partial charge < -0.3 is 5.32 Å². The largest absolute Gasteiger partial charge is 0.344 e. The molecule has 0 bridgehead atoms. The Balaban J connectivity index is 1.94. The molecule has 0 fully saturated rings. The lowest BCUT2D eigenvalue weighted by Gasteiger charge is -2.28.